The number of nitro groups is 1. The molecule has 1 aromatic carbocycles. The van der Waals surface area contributed by atoms with Gasteiger partial charge in [0.15, 0.2) is 11.5 Å². The molecule has 1 aliphatic rings. The maximum absolute atomic E-state index is 11.8. The van der Waals surface area contributed by atoms with E-state index >= 15 is 0 Å². The second-order valence-electron chi connectivity index (χ2n) is 4.13. The van der Waals surface area contributed by atoms with Crippen LogP contribution in [0.4, 0.5) is 5.69 Å². The molecule has 0 aliphatic carbocycles. The molecule has 1 aliphatic heterocycles. The van der Waals surface area contributed by atoms with Crippen molar-refractivity contribution in [2.75, 3.05) is 7.11 Å². The normalized spacial score (nSPS) is 14.7. The van der Waals surface area contributed by atoms with E-state index in [1.54, 1.807) is 0 Å². The van der Waals surface area contributed by atoms with E-state index in [0.29, 0.717) is 0 Å². The van der Waals surface area contributed by atoms with E-state index in [0.717, 1.165) is 23.4 Å². The first kappa shape index (κ1) is 16.2. The van der Waals surface area contributed by atoms with Gasteiger partial charge in [0.2, 0.25) is 5.11 Å². The number of methoxy groups -OCH3 is 1. The average Bonchev–Trinajstić information content (AvgIpc) is 2.52. The molecule has 10 nitrogen and oxygen atoms in total. The number of carbonyl (C=O) groups is 1. The van der Waals surface area contributed by atoms with Gasteiger partial charge in [0.25, 0.3) is 5.69 Å². The molecule has 0 atom stereocenters. The number of hydrogen-bond donors (Lipinski definition) is 1. The maximum Gasteiger partial charge on any atom is 0.300 e. The summed E-state index contributed by atoms with van der Waals surface area (Å²) < 4.78 is 4.86. The summed E-state index contributed by atoms with van der Waals surface area (Å²) in [6.07, 6.45) is 1.02. The number of benzene rings is 1. The van der Waals surface area contributed by atoms with Crippen molar-refractivity contribution in [2.24, 2.45) is 15.3 Å². The molecule has 0 saturated carbocycles. The summed E-state index contributed by atoms with van der Waals surface area (Å²) in [5, 5.41) is 32.1. The number of phenols is 1. The minimum atomic E-state index is -0.696. The number of thiocarbonyl (C=S) groups is 1. The highest BCUT2D eigenvalue weighted by atomic mass is 32.1. The number of rotatable bonds is 4. The molecule has 0 fully saturated rings. The summed E-state index contributed by atoms with van der Waals surface area (Å²) in [5.74, 6) is -1.19. The number of carbonyl (C=O) groups excluding carboxylic acids is 1. The van der Waals surface area contributed by atoms with Crippen molar-refractivity contribution in [1.29, 1.82) is 0 Å². The molecule has 11 heteroatoms. The van der Waals surface area contributed by atoms with Crippen LogP contribution in [0.2, 0.25) is 0 Å². The van der Waals surface area contributed by atoms with E-state index in [1.165, 1.54) is 7.11 Å². The predicted octanol–water partition coefficient (Wildman–Crippen LogP) is 1.74. The van der Waals surface area contributed by atoms with Gasteiger partial charge in [-0.3, -0.25) is 14.9 Å². The van der Waals surface area contributed by atoms with Crippen LogP contribution in [0.1, 0.15) is 5.56 Å². The number of non-ortho nitro benzene ring substituents is 1. The third kappa shape index (κ3) is 3.18. The Labute approximate surface area is 134 Å². The highest BCUT2D eigenvalue weighted by Gasteiger charge is 2.25. The fourth-order valence-electron chi connectivity index (χ4n) is 1.59. The Hall–Kier alpha value is -3.21. The fraction of sp³-hybridized carbons (Fsp3) is 0.0833. The van der Waals surface area contributed by atoms with Crippen molar-refractivity contribution in [3.8, 4) is 11.5 Å². The standard InChI is InChI=1S/C12H9N5O5S/c1-6-11(19)16(12(23)15-14-6)13-5-7-3-8(17(20)21)4-9(22-2)10(7)18/h3-5,18H,1H2,2H3/b13-5+. The summed E-state index contributed by atoms with van der Waals surface area (Å²) in [4.78, 5) is 22.0. The number of hydrazone groups is 1. The molecule has 1 heterocycles. The second kappa shape index (κ2) is 6.27. The third-order valence-electron chi connectivity index (χ3n) is 2.71. The molecule has 23 heavy (non-hydrogen) atoms. The Balaban J connectivity index is 2.43. The van der Waals surface area contributed by atoms with Crippen molar-refractivity contribution in [1.82, 2.24) is 5.01 Å². The molecule has 0 unspecified atom stereocenters. The van der Waals surface area contributed by atoms with E-state index in [-0.39, 0.29) is 33.6 Å². The zero-order valence-corrected chi connectivity index (χ0v) is 12.5. The maximum atomic E-state index is 11.8. The van der Waals surface area contributed by atoms with E-state index in [4.69, 9.17) is 17.0 Å². The Morgan fingerprint density at radius 2 is 2.22 bits per heavy atom. The molecule has 118 valence electrons. The van der Waals surface area contributed by atoms with Gasteiger partial charge in [-0.2, -0.15) is 10.1 Å². The smallest absolute Gasteiger partial charge is 0.300 e. The van der Waals surface area contributed by atoms with Gasteiger partial charge >= 0.3 is 5.91 Å². The molecule has 0 radical (unpaired) electrons. The second-order valence-corrected chi connectivity index (χ2v) is 4.50. The van der Waals surface area contributed by atoms with Crippen LogP contribution in [-0.2, 0) is 4.79 Å². The zero-order chi connectivity index (χ0) is 17.1. The van der Waals surface area contributed by atoms with Gasteiger partial charge in [0.05, 0.1) is 24.3 Å². The van der Waals surface area contributed by atoms with Gasteiger partial charge in [0, 0.05) is 11.6 Å². The zero-order valence-electron chi connectivity index (χ0n) is 11.7. The fourth-order valence-corrected chi connectivity index (χ4v) is 1.76. The minimum absolute atomic E-state index is 0.0419. The van der Waals surface area contributed by atoms with Gasteiger partial charge < -0.3 is 9.84 Å². The Bertz CT molecular complexity index is 788. The number of azo groups is 1. The molecule has 0 spiro atoms. The molecule has 0 bridgehead atoms. The van der Waals surface area contributed by atoms with Gasteiger partial charge in [-0.05, 0) is 12.2 Å². The first-order valence-corrected chi connectivity index (χ1v) is 6.34. The lowest BCUT2D eigenvalue weighted by Gasteiger charge is -2.17. The summed E-state index contributed by atoms with van der Waals surface area (Å²) in [6.45, 7) is 3.37. The number of nitrogens with zero attached hydrogens (tertiary/aromatic N) is 5. The van der Waals surface area contributed by atoms with Gasteiger partial charge in [-0.25, -0.2) is 0 Å². The number of hydrogen-bond acceptors (Lipinski definition) is 8. The molecule has 0 saturated heterocycles. The quantitative estimate of drug-likeness (QED) is 0.293. The average molecular weight is 335 g/mol. The Morgan fingerprint density at radius 3 is 2.83 bits per heavy atom. The third-order valence-corrected chi connectivity index (χ3v) is 2.96. The summed E-state index contributed by atoms with van der Waals surface area (Å²) in [5.41, 5.74) is -0.533. The molecule has 2 rings (SSSR count). The lowest BCUT2D eigenvalue weighted by molar-refractivity contribution is -0.385. The van der Waals surface area contributed by atoms with Crippen LogP contribution < -0.4 is 4.74 Å². The van der Waals surface area contributed by atoms with E-state index in [9.17, 15) is 20.0 Å². The van der Waals surface area contributed by atoms with Crippen LogP contribution in [0.3, 0.4) is 0 Å². The number of nitro benzene ring substituents is 1. The highest BCUT2D eigenvalue weighted by molar-refractivity contribution is 7.80. The largest absolute Gasteiger partial charge is 0.504 e. The molecule has 1 amide bonds. The number of ether oxygens (including phenoxy) is 1. The minimum Gasteiger partial charge on any atom is -0.504 e. The summed E-state index contributed by atoms with van der Waals surface area (Å²) >= 11 is 4.82. The predicted molar refractivity (Wildman–Crippen MR) is 82.3 cm³/mol. The topological polar surface area (TPSA) is 130 Å². The first-order chi connectivity index (χ1) is 10.8. The summed E-state index contributed by atoms with van der Waals surface area (Å²) in [7, 11) is 1.24. The Kier molecular flexibility index (Phi) is 4.41. The monoisotopic (exact) mass is 335 g/mol. The van der Waals surface area contributed by atoms with Gasteiger partial charge in [-0.15, -0.1) is 10.2 Å². The molecular formula is C12H9N5O5S. The molecule has 1 N–H and O–H groups in total. The molecule has 0 aromatic heterocycles. The molecule has 1 aromatic rings. The van der Waals surface area contributed by atoms with Gasteiger partial charge in [0.1, 0.15) is 5.70 Å². The number of amides is 1. The Morgan fingerprint density at radius 1 is 1.52 bits per heavy atom. The SMILES string of the molecule is C=C1N=NC(=S)N(/N=C/c2cc([N+](=O)[O-])cc(OC)c2O)C1=O. The van der Waals surface area contributed by atoms with Crippen molar-refractivity contribution >= 4 is 35.1 Å². The summed E-state index contributed by atoms with van der Waals surface area (Å²) in [6, 6.07) is 2.12. The van der Waals surface area contributed by atoms with Crippen LogP contribution >= 0.6 is 12.2 Å². The molecular weight excluding hydrogens is 326 g/mol. The van der Waals surface area contributed by atoms with Crippen molar-refractivity contribution < 1.29 is 19.6 Å². The van der Waals surface area contributed by atoms with Crippen LogP contribution in [0.25, 0.3) is 0 Å². The van der Waals surface area contributed by atoms with E-state index in [1.807, 2.05) is 0 Å². The van der Waals surface area contributed by atoms with Crippen molar-refractivity contribution in [3.05, 3.63) is 40.1 Å². The number of phenolic OH excluding ortho intramolecular Hbond substituents is 1. The van der Waals surface area contributed by atoms with Crippen LogP contribution in [0.5, 0.6) is 11.5 Å². The van der Waals surface area contributed by atoms with Crippen LogP contribution in [-0.4, -0.2) is 39.4 Å². The van der Waals surface area contributed by atoms with Gasteiger partial charge in [-0.1, -0.05) is 6.58 Å². The lowest BCUT2D eigenvalue weighted by Crippen LogP contribution is -2.33. The van der Waals surface area contributed by atoms with Crippen molar-refractivity contribution in [3.63, 3.8) is 0 Å². The van der Waals surface area contributed by atoms with Crippen LogP contribution in [0, 0.1) is 10.1 Å². The number of aromatic hydroxyl groups is 1. The lowest BCUT2D eigenvalue weighted by atomic mass is 10.2. The van der Waals surface area contributed by atoms with E-state index in [2.05, 4.69) is 21.9 Å². The van der Waals surface area contributed by atoms with Crippen molar-refractivity contribution in [2.45, 2.75) is 0 Å². The van der Waals surface area contributed by atoms with E-state index < -0.39 is 10.8 Å². The first-order valence-electron chi connectivity index (χ1n) is 5.93. The van der Waals surface area contributed by atoms with Crippen LogP contribution in [0.15, 0.2) is 39.7 Å². The highest BCUT2D eigenvalue weighted by Crippen LogP contribution is 2.33.